The maximum absolute atomic E-state index is 12.4. The first-order valence-corrected chi connectivity index (χ1v) is 7.73. The fourth-order valence-electron chi connectivity index (χ4n) is 2.57. The van der Waals surface area contributed by atoms with Gasteiger partial charge >= 0.3 is 5.97 Å². The van der Waals surface area contributed by atoms with E-state index in [9.17, 15) is 14.4 Å². The zero-order chi connectivity index (χ0) is 17.8. The average Bonchev–Trinajstić information content (AvgIpc) is 3.04. The van der Waals surface area contributed by atoms with Crippen LogP contribution in [0.4, 0.5) is 5.69 Å². The summed E-state index contributed by atoms with van der Waals surface area (Å²) in [5.74, 6) is -1.94. The van der Waals surface area contributed by atoms with Gasteiger partial charge in [-0.25, -0.2) is 0 Å². The molecule has 5 N–H and O–H groups in total. The van der Waals surface area contributed by atoms with Crippen LogP contribution >= 0.6 is 0 Å². The Morgan fingerprint density at radius 1 is 1.16 bits per heavy atom. The molecule has 0 saturated carbocycles. The fraction of sp³-hybridized carbons (Fsp3) is 0.250. The Kier molecular flexibility index (Phi) is 4.75. The molecule has 0 radical (unpaired) electrons. The van der Waals surface area contributed by atoms with E-state index in [2.05, 4.69) is 26.1 Å². The average molecular weight is 343 g/mol. The highest BCUT2D eigenvalue weighted by Crippen LogP contribution is 2.17. The van der Waals surface area contributed by atoms with Gasteiger partial charge in [0.05, 0.1) is 0 Å². The quantitative estimate of drug-likeness (QED) is 0.523. The summed E-state index contributed by atoms with van der Waals surface area (Å²) in [6.07, 6.45) is 0.801. The van der Waals surface area contributed by atoms with Crippen molar-refractivity contribution in [3.63, 3.8) is 0 Å². The van der Waals surface area contributed by atoms with Gasteiger partial charge in [0.25, 0.3) is 11.8 Å². The molecule has 1 aromatic carbocycles. The minimum atomic E-state index is -1.12. The number of benzene rings is 1. The van der Waals surface area contributed by atoms with Crippen molar-refractivity contribution >= 4 is 23.5 Å². The summed E-state index contributed by atoms with van der Waals surface area (Å²) in [6, 6.07) is 6.17. The Morgan fingerprint density at radius 3 is 2.64 bits per heavy atom. The van der Waals surface area contributed by atoms with Gasteiger partial charge in [0.2, 0.25) is 0 Å². The number of carboxylic acids is 1. The Hall–Kier alpha value is -3.20. The van der Waals surface area contributed by atoms with Gasteiger partial charge in [-0.3, -0.25) is 19.5 Å². The van der Waals surface area contributed by atoms with Crippen LogP contribution in [0.25, 0.3) is 0 Å². The molecule has 130 valence electrons. The third-order valence-electron chi connectivity index (χ3n) is 3.83. The van der Waals surface area contributed by atoms with Gasteiger partial charge in [0.15, 0.2) is 5.69 Å². The number of nitrogens with zero attached hydrogens (tertiary/aromatic N) is 1. The van der Waals surface area contributed by atoms with Crippen LogP contribution < -0.4 is 16.0 Å². The van der Waals surface area contributed by atoms with Crippen molar-refractivity contribution in [1.82, 2.24) is 20.8 Å². The first-order valence-electron chi connectivity index (χ1n) is 7.73. The van der Waals surface area contributed by atoms with E-state index in [-0.39, 0.29) is 5.91 Å². The van der Waals surface area contributed by atoms with E-state index in [1.807, 2.05) is 0 Å². The number of carbonyl (C=O) groups is 3. The molecule has 2 amide bonds. The van der Waals surface area contributed by atoms with Crippen LogP contribution in [0.1, 0.15) is 32.1 Å². The summed E-state index contributed by atoms with van der Waals surface area (Å²) in [7, 11) is 0. The van der Waals surface area contributed by atoms with Crippen molar-refractivity contribution < 1.29 is 19.5 Å². The molecule has 1 aliphatic rings. The van der Waals surface area contributed by atoms with Crippen LogP contribution in [0.2, 0.25) is 0 Å². The van der Waals surface area contributed by atoms with Crippen molar-refractivity contribution in [2.45, 2.75) is 13.0 Å². The number of aliphatic carboxylic acids is 1. The molecule has 0 saturated heterocycles. The predicted molar refractivity (Wildman–Crippen MR) is 88.4 cm³/mol. The summed E-state index contributed by atoms with van der Waals surface area (Å²) in [4.78, 5) is 34.6. The first kappa shape index (κ1) is 16.7. The van der Waals surface area contributed by atoms with Crippen molar-refractivity contribution in [2.75, 3.05) is 18.4 Å². The van der Waals surface area contributed by atoms with Crippen molar-refractivity contribution in [3.05, 3.63) is 46.8 Å². The second kappa shape index (κ2) is 7.14. The molecule has 1 aromatic heterocycles. The van der Waals surface area contributed by atoms with Crippen molar-refractivity contribution in [3.8, 4) is 0 Å². The van der Waals surface area contributed by atoms with Gasteiger partial charge in [-0.1, -0.05) is 0 Å². The Morgan fingerprint density at radius 2 is 1.92 bits per heavy atom. The topological polar surface area (TPSA) is 136 Å². The summed E-state index contributed by atoms with van der Waals surface area (Å²) in [5, 5.41) is 23.7. The van der Waals surface area contributed by atoms with Gasteiger partial charge in [-0.05, 0) is 24.3 Å². The zero-order valence-corrected chi connectivity index (χ0v) is 13.3. The van der Waals surface area contributed by atoms with Gasteiger partial charge in [0.1, 0.15) is 6.54 Å². The number of rotatable bonds is 5. The lowest BCUT2D eigenvalue weighted by Crippen LogP contribution is -2.29. The Bertz CT molecular complexity index is 812. The van der Waals surface area contributed by atoms with E-state index in [4.69, 9.17) is 5.11 Å². The van der Waals surface area contributed by atoms with E-state index < -0.39 is 18.4 Å². The Balaban J connectivity index is 1.65. The van der Waals surface area contributed by atoms with Crippen molar-refractivity contribution in [1.29, 1.82) is 0 Å². The van der Waals surface area contributed by atoms with Crippen LogP contribution in [-0.2, 0) is 17.8 Å². The van der Waals surface area contributed by atoms with Crippen molar-refractivity contribution in [2.24, 2.45) is 0 Å². The lowest BCUT2D eigenvalue weighted by molar-refractivity contribution is -0.135. The molecular formula is C16H17N5O4. The van der Waals surface area contributed by atoms with E-state index in [0.29, 0.717) is 23.5 Å². The van der Waals surface area contributed by atoms with Crippen LogP contribution in [0.3, 0.4) is 0 Å². The molecule has 9 nitrogen and oxygen atoms in total. The summed E-state index contributed by atoms with van der Waals surface area (Å²) in [5.41, 5.74) is 3.01. The molecule has 2 heterocycles. The van der Waals surface area contributed by atoms with Crippen LogP contribution in [0.5, 0.6) is 0 Å². The van der Waals surface area contributed by atoms with Crippen LogP contribution in [0.15, 0.2) is 24.3 Å². The number of nitrogens with one attached hydrogen (secondary N) is 4. The van der Waals surface area contributed by atoms with E-state index >= 15 is 0 Å². The number of anilines is 1. The van der Waals surface area contributed by atoms with E-state index in [0.717, 1.165) is 24.2 Å². The number of H-pyrrole nitrogens is 1. The van der Waals surface area contributed by atoms with Crippen LogP contribution in [0, 0.1) is 0 Å². The van der Waals surface area contributed by atoms with Crippen LogP contribution in [-0.4, -0.2) is 46.2 Å². The second-order valence-corrected chi connectivity index (χ2v) is 5.56. The number of hydrogen-bond acceptors (Lipinski definition) is 5. The zero-order valence-electron chi connectivity index (χ0n) is 13.3. The number of carbonyl (C=O) groups excluding carboxylic acids is 2. The summed E-state index contributed by atoms with van der Waals surface area (Å²) < 4.78 is 0. The van der Waals surface area contributed by atoms with Gasteiger partial charge < -0.3 is 21.1 Å². The van der Waals surface area contributed by atoms with E-state index in [1.54, 1.807) is 12.1 Å². The highest BCUT2D eigenvalue weighted by Gasteiger charge is 2.21. The molecule has 25 heavy (non-hydrogen) atoms. The number of aromatic amines is 1. The summed E-state index contributed by atoms with van der Waals surface area (Å²) in [6.45, 7) is 0.995. The number of amides is 2. The summed E-state index contributed by atoms with van der Waals surface area (Å²) >= 11 is 0. The first-order chi connectivity index (χ1) is 12.0. The number of hydrogen-bond donors (Lipinski definition) is 5. The smallest absolute Gasteiger partial charge is 0.322 e. The number of fused-ring (bicyclic) bond motifs is 1. The molecule has 0 fully saturated rings. The molecule has 1 aliphatic heterocycles. The largest absolute Gasteiger partial charge is 0.480 e. The van der Waals surface area contributed by atoms with Gasteiger partial charge in [-0.15, -0.1) is 0 Å². The fourth-order valence-corrected chi connectivity index (χ4v) is 2.57. The molecule has 2 aromatic rings. The standard InChI is InChI=1S/C16H17N5O4/c22-13(23)8-18-15(24)9-1-3-10(4-2-9)19-16(25)14-11-7-17-6-5-12(11)20-21-14/h1-4,17H,5-8H2,(H,18,24)(H,19,25)(H,20,21)(H,22,23). The predicted octanol–water partition coefficient (Wildman–Crippen LogP) is 0.122. The normalized spacial score (nSPS) is 13.0. The third-order valence-corrected chi connectivity index (χ3v) is 3.83. The van der Waals surface area contributed by atoms with Gasteiger partial charge in [0, 0.05) is 42.0 Å². The van der Waals surface area contributed by atoms with Gasteiger partial charge in [-0.2, -0.15) is 5.10 Å². The highest BCUT2D eigenvalue weighted by molar-refractivity contribution is 6.04. The lowest BCUT2D eigenvalue weighted by atomic mass is 10.1. The number of aromatic nitrogens is 2. The highest BCUT2D eigenvalue weighted by atomic mass is 16.4. The molecule has 0 aliphatic carbocycles. The molecule has 0 spiro atoms. The monoisotopic (exact) mass is 343 g/mol. The maximum Gasteiger partial charge on any atom is 0.322 e. The minimum absolute atomic E-state index is 0.306. The van der Waals surface area contributed by atoms with E-state index in [1.165, 1.54) is 12.1 Å². The molecule has 3 rings (SSSR count). The molecule has 0 bridgehead atoms. The second-order valence-electron chi connectivity index (χ2n) is 5.56. The maximum atomic E-state index is 12.4. The molecule has 9 heteroatoms. The molecular weight excluding hydrogens is 326 g/mol. The third kappa shape index (κ3) is 3.83. The lowest BCUT2D eigenvalue weighted by Gasteiger charge is -2.13. The minimum Gasteiger partial charge on any atom is -0.480 e. The molecule has 0 atom stereocenters. The number of carboxylic acid groups (broad SMARTS) is 1. The Labute approximate surface area is 142 Å². The SMILES string of the molecule is O=C(O)CNC(=O)c1ccc(NC(=O)c2n[nH]c3c2CNCC3)cc1. The molecule has 0 unspecified atom stereocenters.